The molecule has 0 aromatic heterocycles. The van der Waals surface area contributed by atoms with E-state index in [0.717, 1.165) is 5.56 Å². The van der Waals surface area contributed by atoms with Gasteiger partial charge in [-0.25, -0.2) is 8.42 Å². The Labute approximate surface area is 179 Å². The number of sulfonamides is 1. The van der Waals surface area contributed by atoms with Crippen molar-refractivity contribution in [2.24, 2.45) is 0 Å². The molecule has 0 atom stereocenters. The number of hydrogen-bond acceptors (Lipinski definition) is 3. The van der Waals surface area contributed by atoms with Gasteiger partial charge in [0.15, 0.2) is 0 Å². The fourth-order valence-corrected chi connectivity index (χ4v) is 3.89. The third-order valence-corrected chi connectivity index (χ3v) is 6.04. The number of rotatable bonds is 6. The Hall–Kier alpha value is -2.54. The Kier molecular flexibility index (Phi) is 6.47. The van der Waals surface area contributed by atoms with E-state index in [-0.39, 0.29) is 12.5 Å². The Morgan fingerprint density at radius 3 is 2.17 bits per heavy atom. The molecule has 0 bridgehead atoms. The van der Waals surface area contributed by atoms with Crippen LogP contribution in [0.25, 0.3) is 0 Å². The average molecular weight is 449 g/mol. The van der Waals surface area contributed by atoms with Crippen LogP contribution in [-0.4, -0.2) is 20.6 Å². The maximum Gasteiger partial charge on any atom is 0.255 e. The summed E-state index contributed by atoms with van der Waals surface area (Å²) in [5.41, 5.74) is 2.30. The number of carbonyl (C=O) groups excluding carboxylic acids is 1. The van der Waals surface area contributed by atoms with Gasteiger partial charge in [0.25, 0.3) is 5.91 Å². The molecule has 3 rings (SSSR count). The second kappa shape index (κ2) is 8.86. The van der Waals surface area contributed by atoms with Crippen molar-refractivity contribution in [2.75, 3.05) is 15.9 Å². The van der Waals surface area contributed by atoms with Crippen LogP contribution in [0.5, 0.6) is 0 Å². The minimum absolute atomic E-state index is 0.164. The van der Waals surface area contributed by atoms with E-state index in [9.17, 15) is 13.2 Å². The van der Waals surface area contributed by atoms with Gasteiger partial charge in [-0.05, 0) is 48.0 Å². The normalized spacial score (nSPS) is 11.1. The SMILES string of the molecule is CS(=O)(=O)N(Cc1ccc(C(=O)Nc2ccc(Cl)c(Cl)c2)cc1)c1ccccc1. The van der Waals surface area contributed by atoms with E-state index in [1.54, 1.807) is 66.7 Å². The lowest BCUT2D eigenvalue weighted by Gasteiger charge is -2.22. The van der Waals surface area contributed by atoms with E-state index in [1.807, 2.05) is 6.07 Å². The first-order valence-corrected chi connectivity index (χ1v) is 11.2. The summed E-state index contributed by atoms with van der Waals surface area (Å²) in [6.45, 7) is 0.164. The first-order chi connectivity index (χ1) is 13.7. The van der Waals surface area contributed by atoms with Crippen LogP contribution in [0.2, 0.25) is 10.0 Å². The molecular weight excluding hydrogens is 431 g/mol. The maximum absolute atomic E-state index is 12.4. The lowest BCUT2D eigenvalue weighted by atomic mass is 10.1. The van der Waals surface area contributed by atoms with Crippen LogP contribution in [0.15, 0.2) is 72.8 Å². The van der Waals surface area contributed by atoms with Crippen molar-refractivity contribution in [3.8, 4) is 0 Å². The molecule has 0 aliphatic rings. The van der Waals surface area contributed by atoms with Crippen LogP contribution in [0.4, 0.5) is 11.4 Å². The van der Waals surface area contributed by atoms with Gasteiger partial charge in [-0.1, -0.05) is 53.5 Å². The molecule has 0 unspecified atom stereocenters. The third kappa shape index (κ3) is 5.50. The molecule has 0 spiro atoms. The lowest BCUT2D eigenvalue weighted by molar-refractivity contribution is 0.102. The van der Waals surface area contributed by atoms with E-state index in [0.29, 0.717) is 27.0 Å². The van der Waals surface area contributed by atoms with Crippen molar-refractivity contribution in [3.05, 3.63) is 94.0 Å². The van der Waals surface area contributed by atoms with Crippen molar-refractivity contribution in [3.63, 3.8) is 0 Å². The Balaban J connectivity index is 1.75. The van der Waals surface area contributed by atoms with Gasteiger partial charge in [-0.15, -0.1) is 0 Å². The van der Waals surface area contributed by atoms with Gasteiger partial charge >= 0.3 is 0 Å². The number of para-hydroxylation sites is 1. The molecule has 0 radical (unpaired) electrons. The predicted octanol–water partition coefficient (Wildman–Crippen LogP) is 5.21. The van der Waals surface area contributed by atoms with E-state index >= 15 is 0 Å². The molecule has 5 nitrogen and oxygen atoms in total. The van der Waals surface area contributed by atoms with Crippen LogP contribution >= 0.6 is 23.2 Å². The summed E-state index contributed by atoms with van der Waals surface area (Å²) in [5.74, 6) is -0.307. The van der Waals surface area contributed by atoms with E-state index < -0.39 is 10.0 Å². The summed E-state index contributed by atoms with van der Waals surface area (Å²) in [4.78, 5) is 12.4. The molecule has 150 valence electrons. The third-order valence-electron chi connectivity index (χ3n) is 4.16. The Bertz CT molecular complexity index is 1120. The van der Waals surface area contributed by atoms with Crippen LogP contribution < -0.4 is 9.62 Å². The molecule has 1 N–H and O–H groups in total. The van der Waals surface area contributed by atoms with Crippen LogP contribution in [0.1, 0.15) is 15.9 Å². The molecule has 0 fully saturated rings. The Morgan fingerprint density at radius 1 is 0.931 bits per heavy atom. The van der Waals surface area contributed by atoms with Crippen molar-refractivity contribution in [1.82, 2.24) is 0 Å². The summed E-state index contributed by atoms with van der Waals surface area (Å²) >= 11 is 11.8. The average Bonchev–Trinajstić information content (AvgIpc) is 2.69. The standard InChI is InChI=1S/C21H18Cl2N2O3S/c1-29(27,28)25(18-5-3-2-4-6-18)14-15-7-9-16(10-8-15)21(26)24-17-11-12-19(22)20(23)13-17/h2-13H,14H2,1H3,(H,24,26). The van der Waals surface area contributed by atoms with E-state index in [1.165, 1.54) is 10.6 Å². The second-order valence-corrected chi connectivity index (χ2v) is 9.11. The van der Waals surface area contributed by atoms with Crippen LogP contribution in [-0.2, 0) is 16.6 Å². The minimum atomic E-state index is -3.46. The van der Waals surface area contributed by atoms with Gasteiger partial charge < -0.3 is 5.32 Å². The monoisotopic (exact) mass is 448 g/mol. The number of amides is 1. The zero-order chi connectivity index (χ0) is 21.0. The largest absolute Gasteiger partial charge is 0.322 e. The summed E-state index contributed by atoms with van der Waals surface area (Å²) in [6.07, 6.45) is 1.17. The molecule has 8 heteroatoms. The van der Waals surface area contributed by atoms with E-state index in [4.69, 9.17) is 23.2 Å². The fraction of sp³-hybridized carbons (Fsp3) is 0.0952. The molecule has 0 saturated heterocycles. The molecule has 1 amide bonds. The molecule has 0 saturated carbocycles. The summed E-state index contributed by atoms with van der Waals surface area (Å²) in [5, 5.41) is 3.50. The number of nitrogens with zero attached hydrogens (tertiary/aromatic N) is 1. The molecule has 0 heterocycles. The topological polar surface area (TPSA) is 66.5 Å². The maximum atomic E-state index is 12.4. The predicted molar refractivity (Wildman–Crippen MR) is 118 cm³/mol. The number of nitrogens with one attached hydrogen (secondary N) is 1. The van der Waals surface area contributed by atoms with Gasteiger partial charge in [-0.3, -0.25) is 9.10 Å². The smallest absolute Gasteiger partial charge is 0.255 e. The number of carbonyl (C=O) groups is 1. The van der Waals surface area contributed by atoms with Crippen LogP contribution in [0, 0.1) is 0 Å². The summed E-state index contributed by atoms with van der Waals surface area (Å²) in [7, 11) is -3.46. The molecule has 29 heavy (non-hydrogen) atoms. The first-order valence-electron chi connectivity index (χ1n) is 8.62. The number of anilines is 2. The first kappa shape index (κ1) is 21.2. The summed E-state index contributed by atoms with van der Waals surface area (Å²) < 4.78 is 25.7. The number of benzene rings is 3. The van der Waals surface area contributed by atoms with Crippen molar-refractivity contribution < 1.29 is 13.2 Å². The van der Waals surface area contributed by atoms with Crippen molar-refractivity contribution in [1.29, 1.82) is 0 Å². The molecule has 0 aliphatic heterocycles. The van der Waals surface area contributed by atoms with E-state index in [2.05, 4.69) is 5.32 Å². The zero-order valence-corrected chi connectivity index (χ0v) is 17.8. The van der Waals surface area contributed by atoms with Gasteiger partial charge in [0, 0.05) is 11.3 Å². The quantitative estimate of drug-likeness (QED) is 0.562. The van der Waals surface area contributed by atoms with Crippen LogP contribution in [0.3, 0.4) is 0 Å². The van der Waals surface area contributed by atoms with Crippen molar-refractivity contribution >= 4 is 50.5 Å². The second-order valence-electron chi connectivity index (χ2n) is 6.39. The van der Waals surface area contributed by atoms with Gasteiger partial charge in [0.1, 0.15) is 0 Å². The van der Waals surface area contributed by atoms with Gasteiger partial charge in [0.2, 0.25) is 10.0 Å². The van der Waals surface area contributed by atoms with Gasteiger partial charge in [0.05, 0.1) is 28.5 Å². The highest BCUT2D eigenvalue weighted by Crippen LogP contribution is 2.25. The van der Waals surface area contributed by atoms with Gasteiger partial charge in [-0.2, -0.15) is 0 Å². The highest BCUT2D eigenvalue weighted by atomic mass is 35.5. The lowest BCUT2D eigenvalue weighted by Crippen LogP contribution is -2.29. The molecule has 3 aromatic rings. The highest BCUT2D eigenvalue weighted by Gasteiger charge is 2.18. The number of hydrogen-bond donors (Lipinski definition) is 1. The zero-order valence-electron chi connectivity index (χ0n) is 15.5. The molecule has 0 aliphatic carbocycles. The van der Waals surface area contributed by atoms with Crippen molar-refractivity contribution in [2.45, 2.75) is 6.54 Å². The Morgan fingerprint density at radius 2 is 1.59 bits per heavy atom. The fourth-order valence-electron chi connectivity index (χ4n) is 2.70. The number of halogens is 2. The molecule has 3 aromatic carbocycles. The highest BCUT2D eigenvalue weighted by molar-refractivity contribution is 7.92. The summed E-state index contributed by atoms with van der Waals surface area (Å²) in [6, 6.07) is 20.4. The molecular formula is C21H18Cl2N2O3S. The minimum Gasteiger partial charge on any atom is -0.322 e.